The molecule has 4 heteroatoms. The average Bonchev–Trinajstić information content (AvgIpc) is 2.31. The molecule has 1 rings (SSSR count). The summed E-state index contributed by atoms with van der Waals surface area (Å²) in [5, 5.41) is 15.0. The van der Waals surface area contributed by atoms with Crippen LogP contribution in [0.2, 0.25) is 0 Å². The third-order valence-electron chi connectivity index (χ3n) is 2.88. The SMILES string of the molecule is Cc1cccc(C(=O)NCCNCC(C)O)c1C. The molecule has 1 unspecified atom stereocenters. The smallest absolute Gasteiger partial charge is 0.251 e. The maximum absolute atomic E-state index is 11.9. The molecule has 3 N–H and O–H groups in total. The summed E-state index contributed by atoms with van der Waals surface area (Å²) < 4.78 is 0. The van der Waals surface area contributed by atoms with E-state index in [9.17, 15) is 4.79 Å². The van der Waals surface area contributed by atoms with Crippen molar-refractivity contribution in [1.82, 2.24) is 10.6 Å². The Hall–Kier alpha value is -1.39. The third-order valence-corrected chi connectivity index (χ3v) is 2.88. The molecule has 0 saturated carbocycles. The number of hydrogen-bond donors (Lipinski definition) is 3. The first-order valence-corrected chi connectivity index (χ1v) is 6.25. The molecule has 0 bridgehead atoms. The Bertz CT molecular complexity index is 403. The summed E-state index contributed by atoms with van der Waals surface area (Å²) >= 11 is 0. The minimum Gasteiger partial charge on any atom is -0.392 e. The van der Waals surface area contributed by atoms with Crippen LogP contribution in [0.1, 0.15) is 28.4 Å². The van der Waals surface area contributed by atoms with Crippen LogP contribution in [0, 0.1) is 13.8 Å². The minimum absolute atomic E-state index is 0.0463. The number of aliphatic hydroxyl groups is 1. The van der Waals surface area contributed by atoms with Crippen molar-refractivity contribution in [3.63, 3.8) is 0 Å². The van der Waals surface area contributed by atoms with E-state index in [1.54, 1.807) is 6.92 Å². The van der Waals surface area contributed by atoms with Crippen LogP contribution in [0.25, 0.3) is 0 Å². The van der Waals surface area contributed by atoms with E-state index in [1.165, 1.54) is 0 Å². The predicted molar refractivity (Wildman–Crippen MR) is 72.8 cm³/mol. The third kappa shape index (κ3) is 4.47. The van der Waals surface area contributed by atoms with Crippen molar-refractivity contribution in [3.05, 3.63) is 34.9 Å². The molecule has 0 heterocycles. The Labute approximate surface area is 108 Å². The highest BCUT2D eigenvalue weighted by Gasteiger charge is 2.08. The van der Waals surface area contributed by atoms with Gasteiger partial charge in [0.15, 0.2) is 0 Å². The molecule has 1 amide bonds. The normalized spacial score (nSPS) is 12.2. The van der Waals surface area contributed by atoms with Crippen LogP contribution >= 0.6 is 0 Å². The van der Waals surface area contributed by atoms with Gasteiger partial charge in [0, 0.05) is 25.2 Å². The molecule has 1 aromatic carbocycles. The highest BCUT2D eigenvalue weighted by molar-refractivity contribution is 5.95. The molecule has 1 atom stereocenters. The first kappa shape index (κ1) is 14.7. The van der Waals surface area contributed by atoms with Gasteiger partial charge < -0.3 is 15.7 Å². The van der Waals surface area contributed by atoms with Gasteiger partial charge in [0.25, 0.3) is 5.91 Å². The van der Waals surface area contributed by atoms with Crippen LogP contribution in [0.3, 0.4) is 0 Å². The highest BCUT2D eigenvalue weighted by Crippen LogP contribution is 2.12. The lowest BCUT2D eigenvalue weighted by molar-refractivity contribution is 0.0953. The number of hydrogen-bond acceptors (Lipinski definition) is 3. The van der Waals surface area contributed by atoms with Crippen LogP contribution in [0.4, 0.5) is 0 Å². The molecular weight excluding hydrogens is 228 g/mol. The molecular formula is C14H22N2O2. The number of amides is 1. The molecule has 1 aromatic rings. The van der Waals surface area contributed by atoms with E-state index in [-0.39, 0.29) is 12.0 Å². The minimum atomic E-state index is -0.361. The molecule has 4 nitrogen and oxygen atoms in total. The Balaban J connectivity index is 2.39. The maximum Gasteiger partial charge on any atom is 0.251 e. The van der Waals surface area contributed by atoms with E-state index in [0.29, 0.717) is 19.6 Å². The number of nitrogens with one attached hydrogen (secondary N) is 2. The lowest BCUT2D eigenvalue weighted by Gasteiger charge is -2.10. The van der Waals surface area contributed by atoms with Crippen molar-refractivity contribution in [1.29, 1.82) is 0 Å². The second kappa shape index (κ2) is 7.13. The van der Waals surface area contributed by atoms with E-state index in [2.05, 4.69) is 10.6 Å². The van der Waals surface area contributed by atoms with Gasteiger partial charge in [-0.15, -0.1) is 0 Å². The molecule has 0 aliphatic heterocycles. The monoisotopic (exact) mass is 250 g/mol. The van der Waals surface area contributed by atoms with Crippen LogP contribution < -0.4 is 10.6 Å². The van der Waals surface area contributed by atoms with Crippen LogP contribution in [-0.4, -0.2) is 36.8 Å². The van der Waals surface area contributed by atoms with Crippen molar-refractivity contribution in [2.24, 2.45) is 0 Å². The summed E-state index contributed by atoms with van der Waals surface area (Å²) in [5.74, 6) is -0.0463. The summed E-state index contributed by atoms with van der Waals surface area (Å²) in [4.78, 5) is 11.9. The van der Waals surface area contributed by atoms with E-state index < -0.39 is 0 Å². The van der Waals surface area contributed by atoms with Crippen molar-refractivity contribution < 1.29 is 9.90 Å². The zero-order valence-electron chi connectivity index (χ0n) is 11.3. The summed E-state index contributed by atoms with van der Waals surface area (Å²) in [6, 6.07) is 5.72. The second-order valence-corrected chi connectivity index (χ2v) is 4.56. The molecule has 0 fully saturated rings. The molecule has 0 aliphatic carbocycles. The van der Waals surface area contributed by atoms with Crippen LogP contribution in [0.15, 0.2) is 18.2 Å². The molecule has 0 aromatic heterocycles. The quantitative estimate of drug-likeness (QED) is 0.660. The van der Waals surface area contributed by atoms with Gasteiger partial charge in [0.2, 0.25) is 0 Å². The number of aliphatic hydroxyl groups excluding tert-OH is 1. The summed E-state index contributed by atoms with van der Waals surface area (Å²) in [7, 11) is 0. The summed E-state index contributed by atoms with van der Waals surface area (Å²) in [5.41, 5.74) is 2.87. The first-order valence-electron chi connectivity index (χ1n) is 6.25. The first-order chi connectivity index (χ1) is 8.52. The van der Waals surface area contributed by atoms with Crippen molar-refractivity contribution in [2.45, 2.75) is 26.9 Å². The molecule has 0 aliphatic rings. The zero-order chi connectivity index (χ0) is 13.5. The number of carbonyl (C=O) groups excluding carboxylic acids is 1. The van der Waals surface area contributed by atoms with Gasteiger partial charge in [-0.05, 0) is 38.0 Å². The van der Waals surface area contributed by atoms with Gasteiger partial charge in [0.05, 0.1) is 6.10 Å². The number of rotatable bonds is 6. The number of aryl methyl sites for hydroxylation is 1. The Kier molecular flexibility index (Phi) is 5.82. The molecule has 0 spiro atoms. The highest BCUT2D eigenvalue weighted by atomic mass is 16.3. The van der Waals surface area contributed by atoms with Gasteiger partial charge in [-0.3, -0.25) is 4.79 Å². The van der Waals surface area contributed by atoms with E-state index in [0.717, 1.165) is 16.7 Å². The maximum atomic E-state index is 11.9. The van der Waals surface area contributed by atoms with Gasteiger partial charge in [0.1, 0.15) is 0 Å². The van der Waals surface area contributed by atoms with E-state index in [1.807, 2.05) is 32.0 Å². The topological polar surface area (TPSA) is 61.4 Å². The van der Waals surface area contributed by atoms with Crippen molar-refractivity contribution >= 4 is 5.91 Å². The summed E-state index contributed by atoms with van der Waals surface area (Å²) in [6.45, 7) is 7.42. The summed E-state index contributed by atoms with van der Waals surface area (Å²) in [6.07, 6.45) is -0.361. The van der Waals surface area contributed by atoms with Gasteiger partial charge in [-0.25, -0.2) is 0 Å². The largest absolute Gasteiger partial charge is 0.392 e. The number of carbonyl (C=O) groups is 1. The Morgan fingerprint density at radius 3 is 2.72 bits per heavy atom. The van der Waals surface area contributed by atoms with Gasteiger partial charge in [-0.1, -0.05) is 12.1 Å². The van der Waals surface area contributed by atoms with Crippen molar-refractivity contribution in [3.8, 4) is 0 Å². The average molecular weight is 250 g/mol. The predicted octanol–water partition coefficient (Wildman–Crippen LogP) is 1.00. The van der Waals surface area contributed by atoms with E-state index >= 15 is 0 Å². The lowest BCUT2D eigenvalue weighted by atomic mass is 10.0. The number of benzene rings is 1. The fraction of sp³-hybridized carbons (Fsp3) is 0.500. The Morgan fingerprint density at radius 2 is 2.06 bits per heavy atom. The fourth-order valence-electron chi connectivity index (χ4n) is 1.67. The molecule has 0 radical (unpaired) electrons. The van der Waals surface area contributed by atoms with E-state index in [4.69, 9.17) is 5.11 Å². The van der Waals surface area contributed by atoms with Gasteiger partial charge >= 0.3 is 0 Å². The lowest BCUT2D eigenvalue weighted by Crippen LogP contribution is -2.34. The molecule has 100 valence electrons. The second-order valence-electron chi connectivity index (χ2n) is 4.56. The zero-order valence-corrected chi connectivity index (χ0v) is 11.3. The molecule has 0 saturated heterocycles. The van der Waals surface area contributed by atoms with Gasteiger partial charge in [-0.2, -0.15) is 0 Å². The van der Waals surface area contributed by atoms with Crippen LogP contribution in [-0.2, 0) is 0 Å². The molecule has 18 heavy (non-hydrogen) atoms. The fourth-order valence-corrected chi connectivity index (χ4v) is 1.67. The van der Waals surface area contributed by atoms with Crippen molar-refractivity contribution in [2.75, 3.05) is 19.6 Å². The Morgan fingerprint density at radius 1 is 1.33 bits per heavy atom. The van der Waals surface area contributed by atoms with Crippen LogP contribution in [0.5, 0.6) is 0 Å². The standard InChI is InChI=1S/C14H22N2O2/c1-10-5-4-6-13(12(10)3)14(18)16-8-7-15-9-11(2)17/h4-6,11,15,17H,7-9H2,1-3H3,(H,16,18).